The lowest BCUT2D eigenvalue weighted by Gasteiger charge is -2.32. The van der Waals surface area contributed by atoms with Crippen LogP contribution < -0.4 is 0 Å². The number of methoxy groups -OCH3 is 1. The number of aromatic nitrogens is 3. The molecular formula is C34H31Cl2FN4O2. The lowest BCUT2D eigenvalue weighted by atomic mass is 9.89. The normalized spacial score (nSPS) is 14.3. The van der Waals surface area contributed by atoms with Crippen LogP contribution in [-0.4, -0.2) is 45.6 Å². The van der Waals surface area contributed by atoms with Crippen molar-refractivity contribution in [1.82, 2.24) is 19.4 Å². The second kappa shape index (κ2) is 12.8. The molecule has 0 aliphatic carbocycles. The number of piperidine rings is 1. The first-order chi connectivity index (χ1) is 20.9. The smallest absolute Gasteiger partial charge is 0.337 e. The molecular weight excluding hydrogens is 586 g/mol. The third-order valence-corrected chi connectivity index (χ3v) is 8.55. The van der Waals surface area contributed by atoms with Gasteiger partial charge in [0.1, 0.15) is 11.5 Å². The lowest BCUT2D eigenvalue weighted by Crippen LogP contribution is -2.32. The van der Waals surface area contributed by atoms with Crippen LogP contribution in [0.1, 0.15) is 45.8 Å². The second-order valence-corrected chi connectivity index (χ2v) is 11.8. The van der Waals surface area contributed by atoms with Crippen molar-refractivity contribution in [1.29, 1.82) is 0 Å². The maximum atomic E-state index is 13.5. The molecule has 0 N–H and O–H groups in total. The molecule has 0 unspecified atom stereocenters. The van der Waals surface area contributed by atoms with Gasteiger partial charge in [-0.05, 0) is 110 Å². The molecule has 6 rings (SSSR count). The van der Waals surface area contributed by atoms with E-state index < -0.39 is 5.97 Å². The number of hydrogen-bond acceptors (Lipinski definition) is 5. The molecule has 1 saturated heterocycles. The summed E-state index contributed by atoms with van der Waals surface area (Å²) in [5.74, 6) is 0.428. The molecule has 1 aliphatic heterocycles. The van der Waals surface area contributed by atoms with E-state index in [1.54, 1.807) is 36.5 Å². The molecule has 5 aromatic rings. The Hall–Kier alpha value is -3.78. The zero-order valence-electron chi connectivity index (χ0n) is 23.8. The van der Waals surface area contributed by atoms with E-state index in [4.69, 9.17) is 32.9 Å². The average molecular weight is 618 g/mol. The van der Waals surface area contributed by atoms with Crippen molar-refractivity contribution in [2.45, 2.75) is 38.3 Å². The van der Waals surface area contributed by atoms with Gasteiger partial charge in [0, 0.05) is 29.3 Å². The van der Waals surface area contributed by atoms with Gasteiger partial charge in [0.2, 0.25) is 0 Å². The predicted molar refractivity (Wildman–Crippen MR) is 168 cm³/mol. The third-order valence-electron chi connectivity index (χ3n) is 8.11. The number of aryl methyl sites for hydroxylation is 2. The highest BCUT2D eigenvalue weighted by Gasteiger charge is 2.22. The summed E-state index contributed by atoms with van der Waals surface area (Å²) in [6.45, 7) is 3.40. The molecule has 6 nitrogen and oxygen atoms in total. The monoisotopic (exact) mass is 616 g/mol. The van der Waals surface area contributed by atoms with E-state index in [2.05, 4.69) is 32.7 Å². The van der Waals surface area contributed by atoms with Crippen molar-refractivity contribution in [3.63, 3.8) is 0 Å². The van der Waals surface area contributed by atoms with Crippen LogP contribution in [0.15, 0.2) is 79.0 Å². The topological polar surface area (TPSA) is 60.2 Å². The Morgan fingerprint density at radius 2 is 1.67 bits per heavy atom. The van der Waals surface area contributed by atoms with E-state index in [0.29, 0.717) is 46.0 Å². The molecule has 0 bridgehead atoms. The number of ether oxygens (including phenoxy) is 1. The standard InChI is InChI=1S/C34H31Cl2FN4O2/c1-43-34(42)25-8-12-38-31(19-25)33-39-30-16-23(4-7-32(30)41(33)15-9-22-2-5-29(37)6-3-22)21-40-13-10-24(11-14-40)26-17-27(35)20-28(36)18-26/h2-8,12,16-20,24H,9-11,13-15,21H2,1H3. The summed E-state index contributed by atoms with van der Waals surface area (Å²) in [5.41, 5.74) is 6.25. The van der Waals surface area contributed by atoms with E-state index in [0.717, 1.165) is 49.1 Å². The zero-order valence-corrected chi connectivity index (χ0v) is 25.3. The van der Waals surface area contributed by atoms with Crippen molar-refractivity contribution in [3.05, 3.63) is 117 Å². The van der Waals surface area contributed by atoms with Gasteiger partial charge >= 0.3 is 5.97 Å². The van der Waals surface area contributed by atoms with Gasteiger partial charge in [-0.25, -0.2) is 14.2 Å². The van der Waals surface area contributed by atoms with Gasteiger partial charge < -0.3 is 9.30 Å². The molecule has 0 spiro atoms. The molecule has 3 aromatic carbocycles. The summed E-state index contributed by atoms with van der Waals surface area (Å²) in [7, 11) is 1.36. The number of likely N-dealkylation sites (tertiary alicyclic amines) is 1. The van der Waals surface area contributed by atoms with E-state index in [1.807, 2.05) is 12.1 Å². The van der Waals surface area contributed by atoms with Crippen LogP contribution in [0.5, 0.6) is 0 Å². The maximum Gasteiger partial charge on any atom is 0.337 e. The van der Waals surface area contributed by atoms with Gasteiger partial charge in [0.25, 0.3) is 0 Å². The molecule has 43 heavy (non-hydrogen) atoms. The Morgan fingerprint density at radius 1 is 0.953 bits per heavy atom. The number of hydrogen-bond donors (Lipinski definition) is 0. The van der Waals surface area contributed by atoms with Crippen LogP contribution in [0.2, 0.25) is 10.0 Å². The van der Waals surface area contributed by atoms with Crippen molar-refractivity contribution in [2.75, 3.05) is 20.2 Å². The minimum Gasteiger partial charge on any atom is -0.465 e. The lowest BCUT2D eigenvalue weighted by molar-refractivity contribution is 0.0600. The summed E-state index contributed by atoms with van der Waals surface area (Å²) in [6, 6.07) is 22.1. The molecule has 3 heterocycles. The van der Waals surface area contributed by atoms with E-state index in [-0.39, 0.29) is 5.82 Å². The van der Waals surface area contributed by atoms with Crippen LogP contribution >= 0.6 is 23.2 Å². The Labute approximate surface area is 260 Å². The molecule has 0 atom stereocenters. The van der Waals surface area contributed by atoms with Gasteiger partial charge in [-0.1, -0.05) is 41.4 Å². The van der Waals surface area contributed by atoms with Crippen molar-refractivity contribution >= 4 is 40.2 Å². The average Bonchev–Trinajstić information content (AvgIpc) is 3.38. The van der Waals surface area contributed by atoms with Gasteiger partial charge in [0.05, 0.1) is 23.7 Å². The first kappa shape index (κ1) is 29.3. The molecule has 220 valence electrons. The summed E-state index contributed by atoms with van der Waals surface area (Å²) in [5, 5.41) is 1.36. The second-order valence-electron chi connectivity index (χ2n) is 11.0. The molecule has 0 radical (unpaired) electrons. The highest BCUT2D eigenvalue weighted by molar-refractivity contribution is 6.34. The fourth-order valence-electron chi connectivity index (χ4n) is 5.88. The van der Waals surface area contributed by atoms with Crippen molar-refractivity contribution in [2.24, 2.45) is 0 Å². The largest absolute Gasteiger partial charge is 0.465 e. The van der Waals surface area contributed by atoms with Crippen LogP contribution in [0.25, 0.3) is 22.6 Å². The number of pyridine rings is 1. The van der Waals surface area contributed by atoms with Crippen molar-refractivity contribution < 1.29 is 13.9 Å². The Kier molecular flexibility index (Phi) is 8.75. The predicted octanol–water partition coefficient (Wildman–Crippen LogP) is 7.95. The Morgan fingerprint density at radius 3 is 2.40 bits per heavy atom. The fourth-order valence-corrected chi connectivity index (χ4v) is 6.42. The molecule has 1 aliphatic rings. The van der Waals surface area contributed by atoms with E-state index in [1.165, 1.54) is 30.4 Å². The summed E-state index contributed by atoms with van der Waals surface area (Å²) < 4.78 is 20.5. The zero-order chi connectivity index (χ0) is 29.9. The molecule has 2 aromatic heterocycles. The van der Waals surface area contributed by atoms with Gasteiger partial charge in [-0.3, -0.25) is 9.88 Å². The first-order valence-corrected chi connectivity index (χ1v) is 15.1. The summed E-state index contributed by atoms with van der Waals surface area (Å²) in [6.07, 6.45) is 4.37. The number of nitrogens with zero attached hydrogens (tertiary/aromatic N) is 4. The number of esters is 1. The number of imidazole rings is 1. The number of fused-ring (bicyclic) bond motifs is 1. The van der Waals surface area contributed by atoms with Crippen LogP contribution in [0, 0.1) is 5.82 Å². The number of benzene rings is 3. The highest BCUT2D eigenvalue weighted by Crippen LogP contribution is 2.33. The molecule has 0 amide bonds. The van der Waals surface area contributed by atoms with Crippen LogP contribution in [0.4, 0.5) is 4.39 Å². The van der Waals surface area contributed by atoms with E-state index in [9.17, 15) is 9.18 Å². The Bertz CT molecular complexity index is 1740. The highest BCUT2D eigenvalue weighted by atomic mass is 35.5. The minimum absolute atomic E-state index is 0.257. The number of rotatable bonds is 8. The number of carbonyl (C=O) groups is 1. The summed E-state index contributed by atoms with van der Waals surface area (Å²) in [4.78, 5) is 24.2. The SMILES string of the molecule is COC(=O)c1ccnc(-c2nc3cc(CN4CCC(c5cc(Cl)cc(Cl)c5)CC4)ccc3n2CCc2ccc(F)cc2)c1. The van der Waals surface area contributed by atoms with Gasteiger partial charge in [-0.2, -0.15) is 0 Å². The quantitative estimate of drug-likeness (QED) is 0.166. The minimum atomic E-state index is -0.429. The Balaban J connectivity index is 1.24. The fraction of sp³-hybridized carbons (Fsp3) is 0.265. The van der Waals surface area contributed by atoms with E-state index >= 15 is 0 Å². The molecule has 1 fully saturated rings. The first-order valence-electron chi connectivity index (χ1n) is 14.3. The van der Waals surface area contributed by atoms with Crippen LogP contribution in [0.3, 0.4) is 0 Å². The van der Waals surface area contributed by atoms with Crippen LogP contribution in [-0.2, 0) is 24.2 Å². The molecule has 0 saturated carbocycles. The van der Waals surface area contributed by atoms with Gasteiger partial charge in [-0.15, -0.1) is 0 Å². The third kappa shape index (κ3) is 6.74. The van der Waals surface area contributed by atoms with Crippen molar-refractivity contribution in [3.8, 4) is 11.5 Å². The van der Waals surface area contributed by atoms with Gasteiger partial charge in [0.15, 0.2) is 5.82 Å². The molecule has 9 heteroatoms. The number of halogens is 3. The summed E-state index contributed by atoms with van der Waals surface area (Å²) >= 11 is 12.5. The number of carbonyl (C=O) groups excluding carboxylic acids is 1. The maximum absolute atomic E-state index is 13.5.